The first-order chi connectivity index (χ1) is 21.4. The molecule has 0 unspecified atom stereocenters. The van der Waals surface area contributed by atoms with Crippen LogP contribution in [-0.2, 0) is 5.41 Å². The quantitative estimate of drug-likeness (QED) is 0.174. The number of hydrogen-bond acceptors (Lipinski definition) is 1. The Labute approximate surface area is 264 Å². The van der Waals surface area contributed by atoms with Gasteiger partial charge in [0.15, 0.2) is 0 Å². The van der Waals surface area contributed by atoms with Gasteiger partial charge in [-0.3, -0.25) is 0 Å². The van der Waals surface area contributed by atoms with Gasteiger partial charge in [-0.1, -0.05) is 171 Å². The normalized spacial score (nSPS) is 14.5. The Hall–Kier alpha value is -4.02. The van der Waals surface area contributed by atoms with Crippen LogP contribution < -0.4 is 36.6 Å². The van der Waals surface area contributed by atoms with Crippen molar-refractivity contribution in [3.8, 4) is 11.5 Å². The average Bonchev–Trinajstić information content (AvgIpc) is 3.05. The first kappa shape index (κ1) is 28.7. The second-order valence-corrected chi connectivity index (χ2v) is 16.4. The van der Waals surface area contributed by atoms with Crippen molar-refractivity contribution < 1.29 is 4.74 Å². The summed E-state index contributed by atoms with van der Waals surface area (Å²) >= 11 is 0. The predicted octanol–water partition coefficient (Wildman–Crippen LogP) is 8.25. The predicted molar refractivity (Wildman–Crippen MR) is 192 cm³/mol. The van der Waals surface area contributed by atoms with E-state index in [1.165, 1.54) is 54.1 Å². The van der Waals surface area contributed by atoms with Gasteiger partial charge in [-0.05, 0) is 50.9 Å². The van der Waals surface area contributed by atoms with Gasteiger partial charge in [0.2, 0.25) is 0 Å². The van der Waals surface area contributed by atoms with E-state index in [2.05, 4.69) is 173 Å². The van der Waals surface area contributed by atoms with E-state index in [9.17, 15) is 0 Å². The van der Waals surface area contributed by atoms with Crippen molar-refractivity contribution in [2.45, 2.75) is 33.1 Å². The Morgan fingerprint density at radius 3 is 1.16 bits per heavy atom. The molecule has 1 nitrogen and oxygen atoms in total. The minimum atomic E-state index is -0.840. The van der Waals surface area contributed by atoms with Gasteiger partial charge < -0.3 is 4.74 Å². The fourth-order valence-electron chi connectivity index (χ4n) is 6.24. The standard InChI is InChI=1S/C41H36OP2/c1-29-21-25-33(26-22-29)43(31-13-7-5-8-14-31)37-19-11-17-35-39(37)42-40-36(41(35,3)4)18-12-20-38(40)44(32-15-9-6-10-16-32)34-27-23-30(2)24-28-34/h5-28H,1-4H3/t43-,44-/m0/s1. The molecule has 6 aromatic rings. The molecule has 6 aromatic carbocycles. The molecule has 0 saturated heterocycles. The van der Waals surface area contributed by atoms with E-state index in [0.29, 0.717) is 0 Å². The molecular formula is C41H36OP2. The van der Waals surface area contributed by atoms with Crippen molar-refractivity contribution in [3.63, 3.8) is 0 Å². The van der Waals surface area contributed by atoms with Crippen molar-refractivity contribution in [2.24, 2.45) is 0 Å². The molecule has 216 valence electrons. The summed E-state index contributed by atoms with van der Waals surface area (Å²) in [4.78, 5) is 0. The summed E-state index contributed by atoms with van der Waals surface area (Å²) in [6, 6.07) is 53.6. The fourth-order valence-corrected chi connectivity index (χ4v) is 11.0. The van der Waals surface area contributed by atoms with Gasteiger partial charge in [0, 0.05) is 27.2 Å². The molecule has 0 bridgehead atoms. The molecule has 0 aromatic heterocycles. The molecule has 44 heavy (non-hydrogen) atoms. The first-order valence-corrected chi connectivity index (χ1v) is 17.9. The fraction of sp³-hybridized carbons (Fsp3) is 0.122. The highest BCUT2D eigenvalue weighted by Crippen LogP contribution is 2.52. The average molecular weight is 607 g/mol. The van der Waals surface area contributed by atoms with E-state index >= 15 is 0 Å². The molecule has 0 fully saturated rings. The van der Waals surface area contributed by atoms with Crippen LogP contribution in [0.25, 0.3) is 0 Å². The molecule has 7 rings (SSSR count). The number of para-hydroxylation sites is 2. The maximum Gasteiger partial charge on any atom is 0.139 e. The zero-order chi connectivity index (χ0) is 30.3. The SMILES string of the molecule is Cc1ccc([P@](c2ccccc2)c2cccc3c2Oc2c([P@@](c4ccccc4)c4ccc(C)cc4)cccc2C3(C)C)cc1. The van der Waals surface area contributed by atoms with Crippen LogP contribution in [0.15, 0.2) is 146 Å². The Morgan fingerprint density at radius 2 is 0.773 bits per heavy atom. The number of rotatable bonds is 6. The van der Waals surface area contributed by atoms with Gasteiger partial charge in [-0.25, -0.2) is 0 Å². The first-order valence-electron chi connectivity index (χ1n) is 15.2. The highest BCUT2D eigenvalue weighted by atomic mass is 31.1. The summed E-state index contributed by atoms with van der Waals surface area (Å²) in [5, 5.41) is 7.84. The lowest BCUT2D eigenvalue weighted by Crippen LogP contribution is -2.32. The van der Waals surface area contributed by atoms with Crippen LogP contribution in [0.1, 0.15) is 36.1 Å². The van der Waals surface area contributed by atoms with E-state index in [1.807, 2.05) is 0 Å². The summed E-state index contributed by atoms with van der Waals surface area (Å²) in [5.41, 5.74) is 4.80. The molecular weight excluding hydrogens is 570 g/mol. The second-order valence-electron chi connectivity index (χ2n) is 12.0. The third kappa shape index (κ3) is 5.20. The Morgan fingerprint density at radius 1 is 0.409 bits per heavy atom. The van der Waals surface area contributed by atoms with Gasteiger partial charge in [0.05, 0.1) is 0 Å². The molecule has 1 aliphatic rings. The molecule has 2 atom stereocenters. The summed E-state index contributed by atoms with van der Waals surface area (Å²) in [5.74, 6) is 2.03. The van der Waals surface area contributed by atoms with Crippen molar-refractivity contribution in [1.29, 1.82) is 0 Å². The number of aryl methyl sites for hydroxylation is 2. The van der Waals surface area contributed by atoms with Crippen LogP contribution in [0.5, 0.6) is 11.5 Å². The zero-order valence-corrected chi connectivity index (χ0v) is 27.4. The van der Waals surface area contributed by atoms with E-state index in [-0.39, 0.29) is 5.41 Å². The third-order valence-corrected chi connectivity index (χ3v) is 13.6. The number of hydrogen-bond donors (Lipinski definition) is 0. The Bertz CT molecular complexity index is 1770. The molecule has 0 N–H and O–H groups in total. The van der Waals surface area contributed by atoms with Crippen molar-refractivity contribution in [3.05, 3.63) is 168 Å². The molecule has 0 amide bonds. The molecule has 1 heterocycles. The molecule has 0 radical (unpaired) electrons. The lowest BCUT2D eigenvalue weighted by atomic mass is 9.76. The van der Waals surface area contributed by atoms with Crippen LogP contribution in [0.2, 0.25) is 0 Å². The smallest absolute Gasteiger partial charge is 0.139 e. The number of benzene rings is 6. The minimum absolute atomic E-state index is 0.231. The van der Waals surface area contributed by atoms with Crippen LogP contribution in [0, 0.1) is 13.8 Å². The lowest BCUT2D eigenvalue weighted by Gasteiger charge is -2.38. The van der Waals surface area contributed by atoms with Crippen LogP contribution in [0.3, 0.4) is 0 Å². The minimum Gasteiger partial charge on any atom is -0.455 e. The summed E-state index contributed by atoms with van der Waals surface area (Å²) < 4.78 is 7.30. The molecule has 1 aliphatic heterocycles. The summed E-state index contributed by atoms with van der Waals surface area (Å²) in [6.07, 6.45) is 0. The highest BCUT2D eigenvalue weighted by molar-refractivity contribution is 7.80. The van der Waals surface area contributed by atoms with Gasteiger partial charge >= 0.3 is 0 Å². The van der Waals surface area contributed by atoms with Gasteiger partial charge in [-0.15, -0.1) is 0 Å². The van der Waals surface area contributed by atoms with E-state index < -0.39 is 15.8 Å². The number of fused-ring (bicyclic) bond motifs is 2. The lowest BCUT2D eigenvalue weighted by molar-refractivity contribution is 0.425. The van der Waals surface area contributed by atoms with Crippen LogP contribution in [-0.4, -0.2) is 0 Å². The van der Waals surface area contributed by atoms with Gasteiger partial charge in [0.1, 0.15) is 11.5 Å². The van der Waals surface area contributed by atoms with Crippen molar-refractivity contribution in [1.82, 2.24) is 0 Å². The van der Waals surface area contributed by atoms with Crippen molar-refractivity contribution >= 4 is 47.7 Å². The Balaban J connectivity index is 1.45. The molecule has 0 aliphatic carbocycles. The zero-order valence-electron chi connectivity index (χ0n) is 25.7. The van der Waals surface area contributed by atoms with Gasteiger partial charge in [0.25, 0.3) is 0 Å². The van der Waals surface area contributed by atoms with E-state index in [4.69, 9.17) is 4.74 Å². The molecule has 0 spiro atoms. The summed E-state index contributed by atoms with van der Waals surface area (Å²) in [6.45, 7) is 9.02. The summed E-state index contributed by atoms with van der Waals surface area (Å²) in [7, 11) is -1.68. The van der Waals surface area contributed by atoms with Crippen LogP contribution >= 0.6 is 15.8 Å². The maximum absolute atomic E-state index is 7.30. The van der Waals surface area contributed by atoms with E-state index in [0.717, 1.165) is 11.5 Å². The maximum atomic E-state index is 7.30. The third-order valence-electron chi connectivity index (χ3n) is 8.63. The second kappa shape index (κ2) is 11.8. The van der Waals surface area contributed by atoms with E-state index in [1.54, 1.807) is 0 Å². The van der Waals surface area contributed by atoms with Crippen molar-refractivity contribution in [2.75, 3.05) is 0 Å². The molecule has 0 saturated carbocycles. The molecule has 3 heteroatoms. The monoisotopic (exact) mass is 606 g/mol. The highest BCUT2D eigenvalue weighted by Gasteiger charge is 2.39. The Kier molecular flexibility index (Phi) is 7.72. The van der Waals surface area contributed by atoms with Gasteiger partial charge in [-0.2, -0.15) is 0 Å². The topological polar surface area (TPSA) is 9.23 Å². The number of ether oxygens (including phenoxy) is 1. The largest absolute Gasteiger partial charge is 0.455 e. The van der Waals surface area contributed by atoms with Crippen LogP contribution in [0.4, 0.5) is 0 Å².